The summed E-state index contributed by atoms with van der Waals surface area (Å²) in [4.78, 5) is 13.6. The lowest BCUT2D eigenvalue weighted by molar-refractivity contribution is -0.139. The molecule has 2 N–H and O–H groups in total. The highest BCUT2D eigenvalue weighted by atomic mass is 19.4. The van der Waals surface area contributed by atoms with Gasteiger partial charge in [0.25, 0.3) is 0 Å². The summed E-state index contributed by atoms with van der Waals surface area (Å²) in [6.07, 6.45) is -4.39. The van der Waals surface area contributed by atoms with Crippen LogP contribution < -0.4 is 5.73 Å². The van der Waals surface area contributed by atoms with Gasteiger partial charge < -0.3 is 10.6 Å². The minimum Gasteiger partial charge on any atom is -0.342 e. The molecule has 6 heteroatoms. The fourth-order valence-corrected chi connectivity index (χ4v) is 2.10. The summed E-state index contributed by atoms with van der Waals surface area (Å²) in [6, 6.07) is 5.24. The third kappa shape index (κ3) is 4.46. The lowest BCUT2D eigenvalue weighted by Crippen LogP contribution is -2.40. The van der Waals surface area contributed by atoms with Crippen LogP contribution in [-0.4, -0.2) is 30.4 Å². The first-order chi connectivity index (χ1) is 9.68. The summed E-state index contributed by atoms with van der Waals surface area (Å²) in [5, 5.41) is 0. The van der Waals surface area contributed by atoms with Gasteiger partial charge in [0.05, 0.1) is 5.56 Å². The van der Waals surface area contributed by atoms with Crippen LogP contribution in [0.25, 0.3) is 0 Å². The Bertz CT molecular complexity index is 488. The number of rotatable bonds is 5. The van der Waals surface area contributed by atoms with Crippen LogP contribution >= 0.6 is 0 Å². The smallest absolute Gasteiger partial charge is 0.342 e. The molecule has 0 saturated carbocycles. The van der Waals surface area contributed by atoms with Crippen molar-refractivity contribution in [3.05, 3.63) is 35.4 Å². The molecule has 21 heavy (non-hydrogen) atoms. The molecule has 0 saturated heterocycles. The number of halogens is 3. The summed E-state index contributed by atoms with van der Waals surface area (Å²) in [7, 11) is 1.61. The standard InChI is InChI=1S/C15H21F3N2O/c1-10(8-14(21)20(3)11(2)9-19)12-6-4-5-7-13(12)15(16,17)18/h4-7,10-11H,8-9,19H2,1-3H3. The largest absolute Gasteiger partial charge is 0.416 e. The molecule has 3 nitrogen and oxygen atoms in total. The van der Waals surface area contributed by atoms with Crippen LogP contribution in [0.4, 0.5) is 13.2 Å². The second-order valence-electron chi connectivity index (χ2n) is 5.28. The Hall–Kier alpha value is -1.56. The van der Waals surface area contributed by atoms with Gasteiger partial charge in [-0.05, 0) is 24.5 Å². The summed E-state index contributed by atoms with van der Waals surface area (Å²) in [5.74, 6) is -0.722. The number of hydrogen-bond acceptors (Lipinski definition) is 2. The maximum absolute atomic E-state index is 13.0. The van der Waals surface area contributed by atoms with E-state index in [1.165, 1.54) is 17.0 Å². The van der Waals surface area contributed by atoms with Gasteiger partial charge >= 0.3 is 6.18 Å². The van der Waals surface area contributed by atoms with E-state index in [-0.39, 0.29) is 23.9 Å². The van der Waals surface area contributed by atoms with E-state index in [9.17, 15) is 18.0 Å². The number of carbonyl (C=O) groups excluding carboxylic acids is 1. The van der Waals surface area contributed by atoms with Crippen LogP contribution in [-0.2, 0) is 11.0 Å². The van der Waals surface area contributed by atoms with Crippen molar-refractivity contribution in [2.24, 2.45) is 5.73 Å². The fraction of sp³-hybridized carbons (Fsp3) is 0.533. The lowest BCUT2D eigenvalue weighted by Gasteiger charge is -2.26. The van der Waals surface area contributed by atoms with Crippen LogP contribution in [0.2, 0.25) is 0 Å². The summed E-state index contributed by atoms with van der Waals surface area (Å²) in [6.45, 7) is 3.74. The maximum Gasteiger partial charge on any atom is 0.416 e. The van der Waals surface area contributed by atoms with Gasteiger partial charge in [0.1, 0.15) is 0 Å². The second-order valence-corrected chi connectivity index (χ2v) is 5.28. The zero-order chi connectivity index (χ0) is 16.2. The molecule has 0 aromatic heterocycles. The first-order valence-electron chi connectivity index (χ1n) is 6.80. The predicted octanol–water partition coefficient (Wildman–Crippen LogP) is 3.00. The summed E-state index contributed by atoms with van der Waals surface area (Å²) < 4.78 is 38.9. The van der Waals surface area contributed by atoms with E-state index in [1.54, 1.807) is 27.0 Å². The molecule has 0 spiro atoms. The molecule has 1 aromatic carbocycles. The van der Waals surface area contributed by atoms with Crippen molar-refractivity contribution in [2.45, 2.75) is 38.4 Å². The van der Waals surface area contributed by atoms with Crippen molar-refractivity contribution in [3.8, 4) is 0 Å². The third-order valence-electron chi connectivity index (χ3n) is 3.67. The van der Waals surface area contributed by atoms with Gasteiger partial charge in [0.15, 0.2) is 0 Å². The van der Waals surface area contributed by atoms with Gasteiger partial charge in [0.2, 0.25) is 5.91 Å². The van der Waals surface area contributed by atoms with Crippen LogP contribution in [0.15, 0.2) is 24.3 Å². The molecule has 1 amide bonds. The van der Waals surface area contributed by atoms with E-state index >= 15 is 0 Å². The quantitative estimate of drug-likeness (QED) is 0.909. The van der Waals surface area contributed by atoms with E-state index < -0.39 is 17.7 Å². The summed E-state index contributed by atoms with van der Waals surface area (Å²) in [5.41, 5.74) is 4.96. The fourth-order valence-electron chi connectivity index (χ4n) is 2.10. The minimum absolute atomic E-state index is 0.0218. The number of nitrogens with zero attached hydrogens (tertiary/aromatic N) is 1. The Kier molecular flexibility index (Phi) is 5.78. The number of hydrogen-bond donors (Lipinski definition) is 1. The van der Waals surface area contributed by atoms with Crippen molar-refractivity contribution < 1.29 is 18.0 Å². The number of nitrogens with two attached hydrogens (primary N) is 1. The maximum atomic E-state index is 13.0. The number of amides is 1. The van der Waals surface area contributed by atoms with Crippen molar-refractivity contribution >= 4 is 5.91 Å². The van der Waals surface area contributed by atoms with Crippen molar-refractivity contribution in [2.75, 3.05) is 13.6 Å². The molecule has 1 aromatic rings. The SMILES string of the molecule is CC(CC(=O)N(C)C(C)CN)c1ccccc1C(F)(F)F. The predicted molar refractivity (Wildman–Crippen MR) is 75.8 cm³/mol. The summed E-state index contributed by atoms with van der Waals surface area (Å²) >= 11 is 0. The molecule has 2 atom stereocenters. The Balaban J connectivity index is 2.91. The van der Waals surface area contributed by atoms with Gasteiger partial charge in [0, 0.05) is 26.1 Å². The molecular formula is C15H21F3N2O. The molecule has 0 fully saturated rings. The molecule has 1 rings (SSSR count). The zero-order valence-electron chi connectivity index (χ0n) is 12.4. The van der Waals surface area contributed by atoms with E-state index in [0.29, 0.717) is 6.54 Å². The van der Waals surface area contributed by atoms with Crippen LogP contribution in [0.3, 0.4) is 0 Å². The Morgan fingerprint density at radius 2 is 1.86 bits per heavy atom. The number of alkyl halides is 3. The molecule has 0 radical (unpaired) electrons. The zero-order valence-corrected chi connectivity index (χ0v) is 12.4. The van der Waals surface area contributed by atoms with Crippen LogP contribution in [0.5, 0.6) is 0 Å². The van der Waals surface area contributed by atoms with Crippen LogP contribution in [0, 0.1) is 0 Å². The average Bonchev–Trinajstić information content (AvgIpc) is 2.44. The number of carbonyl (C=O) groups is 1. The molecule has 0 heterocycles. The monoisotopic (exact) mass is 302 g/mol. The van der Waals surface area contributed by atoms with Gasteiger partial charge in [-0.25, -0.2) is 0 Å². The minimum atomic E-state index is -4.41. The van der Waals surface area contributed by atoms with E-state index in [4.69, 9.17) is 5.73 Å². The Labute approximate surface area is 122 Å². The molecule has 0 bridgehead atoms. The van der Waals surface area contributed by atoms with E-state index in [1.807, 2.05) is 0 Å². The normalized spacial score (nSPS) is 14.6. The molecular weight excluding hydrogens is 281 g/mol. The second kappa shape index (κ2) is 6.93. The first-order valence-corrected chi connectivity index (χ1v) is 6.80. The highest BCUT2D eigenvalue weighted by Crippen LogP contribution is 2.36. The highest BCUT2D eigenvalue weighted by molar-refractivity contribution is 5.77. The van der Waals surface area contributed by atoms with E-state index in [2.05, 4.69) is 0 Å². The first kappa shape index (κ1) is 17.5. The van der Waals surface area contributed by atoms with Gasteiger partial charge in [-0.1, -0.05) is 25.1 Å². The van der Waals surface area contributed by atoms with Gasteiger partial charge in [-0.2, -0.15) is 13.2 Å². The van der Waals surface area contributed by atoms with Crippen molar-refractivity contribution in [1.29, 1.82) is 0 Å². The van der Waals surface area contributed by atoms with Gasteiger partial charge in [-0.15, -0.1) is 0 Å². The topological polar surface area (TPSA) is 46.3 Å². The molecule has 118 valence electrons. The molecule has 0 aliphatic carbocycles. The number of benzene rings is 1. The molecule has 0 aliphatic heterocycles. The average molecular weight is 302 g/mol. The van der Waals surface area contributed by atoms with E-state index in [0.717, 1.165) is 6.07 Å². The highest BCUT2D eigenvalue weighted by Gasteiger charge is 2.34. The molecule has 2 unspecified atom stereocenters. The number of likely N-dealkylation sites (N-methyl/N-ethyl adjacent to an activating group) is 1. The lowest BCUT2D eigenvalue weighted by atomic mass is 9.92. The van der Waals surface area contributed by atoms with Crippen molar-refractivity contribution in [3.63, 3.8) is 0 Å². The Morgan fingerprint density at radius 1 is 1.29 bits per heavy atom. The third-order valence-corrected chi connectivity index (χ3v) is 3.67. The van der Waals surface area contributed by atoms with Gasteiger partial charge in [-0.3, -0.25) is 4.79 Å². The Morgan fingerprint density at radius 3 is 2.38 bits per heavy atom. The van der Waals surface area contributed by atoms with Crippen molar-refractivity contribution in [1.82, 2.24) is 4.90 Å². The molecule has 0 aliphatic rings. The van der Waals surface area contributed by atoms with Crippen LogP contribution in [0.1, 0.15) is 37.3 Å².